The van der Waals surface area contributed by atoms with E-state index in [4.69, 9.17) is 0 Å². The Kier molecular flexibility index (Phi) is 6.12. The molecule has 0 N–H and O–H groups in total. The summed E-state index contributed by atoms with van der Waals surface area (Å²) in [6.45, 7) is 8.45. The highest BCUT2D eigenvalue weighted by Crippen LogP contribution is 2.36. The average molecular weight is 230 g/mol. The van der Waals surface area contributed by atoms with Crippen LogP contribution in [0.5, 0.6) is 0 Å². The van der Waals surface area contributed by atoms with Crippen LogP contribution in [0.25, 0.3) is 0 Å². The van der Waals surface area contributed by atoms with Crippen LogP contribution < -0.4 is 0 Å². The third-order valence-corrected chi connectivity index (χ3v) is 3.44. The fourth-order valence-corrected chi connectivity index (χ4v) is 2.56. The molecule has 1 saturated carbocycles. The van der Waals surface area contributed by atoms with E-state index < -0.39 is 0 Å². The van der Waals surface area contributed by atoms with Crippen LogP contribution in [0.4, 0.5) is 0 Å². The summed E-state index contributed by atoms with van der Waals surface area (Å²) in [5, 5.41) is 0. The van der Waals surface area contributed by atoms with Gasteiger partial charge in [0, 0.05) is 0 Å². The highest BCUT2D eigenvalue weighted by Gasteiger charge is 2.24. The average Bonchev–Trinajstić information content (AvgIpc) is 2.65. The molecular weight excluding hydrogens is 204 g/mol. The lowest BCUT2D eigenvalue weighted by Gasteiger charge is -2.15. The van der Waals surface area contributed by atoms with Gasteiger partial charge in [-0.05, 0) is 88.5 Å². The van der Waals surface area contributed by atoms with Gasteiger partial charge in [0.1, 0.15) is 0 Å². The Hall–Kier alpha value is -0.960. The summed E-state index contributed by atoms with van der Waals surface area (Å²) in [6, 6.07) is 0. The highest BCUT2D eigenvalue weighted by atomic mass is 14.3. The van der Waals surface area contributed by atoms with E-state index in [-0.39, 0.29) is 0 Å². The van der Waals surface area contributed by atoms with Crippen molar-refractivity contribution in [2.75, 3.05) is 0 Å². The lowest BCUT2D eigenvalue weighted by Crippen LogP contribution is -2.05. The summed E-state index contributed by atoms with van der Waals surface area (Å²) >= 11 is 0. The quantitative estimate of drug-likeness (QED) is 0.565. The first-order chi connectivity index (χ1) is 8.09. The van der Waals surface area contributed by atoms with Gasteiger partial charge in [0.25, 0.3) is 0 Å². The van der Waals surface area contributed by atoms with Crippen molar-refractivity contribution in [3.8, 4) is 0 Å². The summed E-state index contributed by atoms with van der Waals surface area (Å²) in [4.78, 5) is 0. The van der Waals surface area contributed by atoms with Crippen LogP contribution in [0.15, 0.2) is 34.8 Å². The van der Waals surface area contributed by atoms with Crippen LogP contribution in [-0.2, 0) is 0 Å². The molecule has 1 rings (SSSR count). The van der Waals surface area contributed by atoms with Crippen molar-refractivity contribution in [3.05, 3.63) is 34.8 Å². The van der Waals surface area contributed by atoms with Crippen LogP contribution in [0.3, 0.4) is 0 Å². The molecule has 17 heavy (non-hydrogen) atoms. The second-order valence-corrected chi connectivity index (χ2v) is 5.62. The Morgan fingerprint density at radius 1 is 0.882 bits per heavy atom. The number of hydrogen-bond donors (Lipinski definition) is 0. The van der Waals surface area contributed by atoms with E-state index in [0.717, 1.165) is 11.8 Å². The van der Waals surface area contributed by atoms with Crippen molar-refractivity contribution in [3.63, 3.8) is 0 Å². The van der Waals surface area contributed by atoms with Crippen molar-refractivity contribution in [1.29, 1.82) is 0 Å². The maximum absolute atomic E-state index is 3.33. The van der Waals surface area contributed by atoms with Gasteiger partial charge in [-0.25, -0.2) is 0 Å². The van der Waals surface area contributed by atoms with E-state index in [1.807, 2.05) is 0 Å². The van der Waals surface area contributed by atoms with Gasteiger partial charge in [-0.15, -0.1) is 11.5 Å². The molecule has 0 unspecified atom stereocenters. The Labute approximate surface area is 107 Å². The zero-order chi connectivity index (χ0) is 12.7. The van der Waals surface area contributed by atoms with Crippen molar-refractivity contribution in [2.24, 2.45) is 11.8 Å². The van der Waals surface area contributed by atoms with Crippen molar-refractivity contribution in [1.82, 2.24) is 0 Å². The SMILES string of the molecule is CC(C)=C=CC[C@@H]1CCC[C@H]1CC=C=C(C)C. The minimum absolute atomic E-state index is 0.872. The van der Waals surface area contributed by atoms with Crippen LogP contribution in [-0.4, -0.2) is 0 Å². The molecule has 94 valence electrons. The largest absolute Gasteiger partial charge is 0.127 e. The lowest BCUT2D eigenvalue weighted by atomic mass is 9.90. The van der Waals surface area contributed by atoms with Crippen LogP contribution >= 0.6 is 0 Å². The van der Waals surface area contributed by atoms with E-state index in [0.29, 0.717) is 0 Å². The summed E-state index contributed by atoms with van der Waals surface area (Å²) in [6.07, 6.45) is 11.1. The van der Waals surface area contributed by atoms with Gasteiger partial charge in [-0.3, -0.25) is 0 Å². The standard InChI is InChI=1S/C17H26/c1-14(2)8-5-10-16-12-7-13-17(16)11-6-9-15(3)4/h5-6,16-17H,7,10-13H2,1-4H3/t16-,17-/m1/s1. The topological polar surface area (TPSA) is 0 Å². The van der Waals surface area contributed by atoms with Crippen LogP contribution in [0.2, 0.25) is 0 Å². The van der Waals surface area contributed by atoms with Gasteiger partial charge < -0.3 is 0 Å². The van der Waals surface area contributed by atoms with Gasteiger partial charge in [-0.1, -0.05) is 6.42 Å². The molecular formula is C17H26. The fourth-order valence-electron chi connectivity index (χ4n) is 2.56. The fraction of sp³-hybridized carbons (Fsp3) is 0.647. The first-order valence-corrected chi connectivity index (χ1v) is 6.86. The van der Waals surface area contributed by atoms with Crippen molar-refractivity contribution in [2.45, 2.75) is 59.8 Å². The Balaban J connectivity index is 2.50. The molecule has 0 saturated heterocycles. The van der Waals surface area contributed by atoms with E-state index in [1.165, 1.54) is 43.3 Å². The van der Waals surface area contributed by atoms with Gasteiger partial charge in [0.15, 0.2) is 0 Å². The van der Waals surface area contributed by atoms with Gasteiger partial charge in [0.05, 0.1) is 0 Å². The molecule has 0 aromatic heterocycles. The molecule has 0 aromatic rings. The summed E-state index contributed by atoms with van der Waals surface area (Å²) in [7, 11) is 0. The molecule has 0 aliphatic heterocycles. The maximum atomic E-state index is 3.33. The first-order valence-electron chi connectivity index (χ1n) is 6.86. The molecule has 0 aromatic carbocycles. The minimum Gasteiger partial charge on any atom is -0.127 e. The third kappa shape index (κ3) is 5.78. The minimum atomic E-state index is 0.872. The smallest absolute Gasteiger partial charge is 0.0243 e. The van der Waals surface area contributed by atoms with E-state index in [1.54, 1.807) is 0 Å². The summed E-state index contributed by atoms with van der Waals surface area (Å²) in [5.41, 5.74) is 9.22. The van der Waals surface area contributed by atoms with Crippen LogP contribution in [0.1, 0.15) is 59.8 Å². The summed E-state index contributed by atoms with van der Waals surface area (Å²) < 4.78 is 0. The lowest BCUT2D eigenvalue weighted by molar-refractivity contribution is 0.395. The molecule has 2 atom stereocenters. The number of allylic oxidation sites excluding steroid dienone is 2. The molecule has 0 nitrogen and oxygen atoms in total. The Morgan fingerprint density at radius 2 is 1.29 bits per heavy atom. The number of hydrogen-bond acceptors (Lipinski definition) is 0. The van der Waals surface area contributed by atoms with Gasteiger partial charge in [0.2, 0.25) is 0 Å². The molecule has 0 heteroatoms. The maximum Gasteiger partial charge on any atom is -0.0243 e. The molecule has 0 radical (unpaired) electrons. The number of rotatable bonds is 4. The Bertz CT molecular complexity index is 313. The molecule has 0 spiro atoms. The first kappa shape index (κ1) is 14.1. The molecule has 0 amide bonds. The van der Waals surface area contributed by atoms with Gasteiger partial charge >= 0.3 is 0 Å². The highest BCUT2D eigenvalue weighted by molar-refractivity contribution is 4.98. The molecule has 1 aliphatic rings. The van der Waals surface area contributed by atoms with Crippen molar-refractivity contribution >= 4 is 0 Å². The van der Waals surface area contributed by atoms with Crippen LogP contribution in [0, 0.1) is 11.8 Å². The second kappa shape index (κ2) is 7.38. The van der Waals surface area contributed by atoms with E-state index in [9.17, 15) is 0 Å². The molecule has 1 aliphatic carbocycles. The van der Waals surface area contributed by atoms with Gasteiger partial charge in [-0.2, -0.15) is 0 Å². The summed E-state index contributed by atoms with van der Waals surface area (Å²) in [5.74, 6) is 1.74. The molecule has 1 fully saturated rings. The molecule has 0 heterocycles. The van der Waals surface area contributed by atoms with E-state index >= 15 is 0 Å². The second-order valence-electron chi connectivity index (χ2n) is 5.62. The zero-order valence-corrected chi connectivity index (χ0v) is 11.8. The normalized spacial score (nSPS) is 22.6. The predicted molar refractivity (Wildman–Crippen MR) is 76.0 cm³/mol. The van der Waals surface area contributed by atoms with E-state index in [2.05, 4.69) is 51.3 Å². The molecule has 0 bridgehead atoms. The monoisotopic (exact) mass is 230 g/mol. The third-order valence-electron chi connectivity index (χ3n) is 3.44. The van der Waals surface area contributed by atoms with Crippen molar-refractivity contribution < 1.29 is 0 Å². The Morgan fingerprint density at radius 3 is 1.65 bits per heavy atom. The predicted octanol–water partition coefficient (Wildman–Crippen LogP) is 5.43. The zero-order valence-electron chi connectivity index (χ0n) is 11.8.